The summed E-state index contributed by atoms with van der Waals surface area (Å²) in [7, 11) is 1.79. The first-order chi connectivity index (χ1) is 14.0. The molecule has 4 rings (SSSR count). The van der Waals surface area contributed by atoms with Gasteiger partial charge < -0.3 is 15.1 Å². The fourth-order valence-corrected chi connectivity index (χ4v) is 3.21. The third-order valence-electron chi connectivity index (χ3n) is 4.45. The number of rotatable bonds is 5. The number of anilines is 1. The molecule has 0 aliphatic rings. The van der Waals surface area contributed by atoms with Crippen LogP contribution >= 0.6 is 0 Å². The van der Waals surface area contributed by atoms with Crippen molar-refractivity contribution in [3.05, 3.63) is 71.9 Å². The van der Waals surface area contributed by atoms with Crippen LogP contribution in [-0.2, 0) is 13.6 Å². The molecule has 29 heavy (non-hydrogen) atoms. The first-order valence-corrected chi connectivity index (χ1v) is 9.24. The summed E-state index contributed by atoms with van der Waals surface area (Å²) in [5, 5.41) is 14.6. The molecule has 3 aromatic heterocycles. The molecule has 2 amide bonds. The molecule has 1 aromatic carbocycles. The lowest BCUT2D eigenvalue weighted by Crippen LogP contribution is -2.28. The van der Waals surface area contributed by atoms with E-state index in [1.807, 2.05) is 48.9 Å². The van der Waals surface area contributed by atoms with Gasteiger partial charge in [0.25, 0.3) is 0 Å². The molecule has 8 heteroatoms. The Bertz CT molecular complexity index is 1140. The summed E-state index contributed by atoms with van der Waals surface area (Å²) in [5.41, 5.74) is 5.13. The predicted molar refractivity (Wildman–Crippen MR) is 110 cm³/mol. The molecule has 0 aliphatic carbocycles. The third-order valence-corrected chi connectivity index (χ3v) is 4.45. The van der Waals surface area contributed by atoms with Gasteiger partial charge in [-0.2, -0.15) is 10.2 Å². The number of nitrogens with zero attached hydrogens (tertiary/aromatic N) is 4. The van der Waals surface area contributed by atoms with Crippen LogP contribution in [0.3, 0.4) is 0 Å². The van der Waals surface area contributed by atoms with Crippen LogP contribution in [0.5, 0.6) is 0 Å². The van der Waals surface area contributed by atoms with Gasteiger partial charge in [-0.3, -0.25) is 4.68 Å². The van der Waals surface area contributed by atoms with Gasteiger partial charge in [-0.25, -0.2) is 9.48 Å². The summed E-state index contributed by atoms with van der Waals surface area (Å²) in [6.07, 6.45) is 3.31. The number of carbonyl (C=O) groups excluding carboxylic acids is 1. The van der Waals surface area contributed by atoms with E-state index in [9.17, 15) is 4.79 Å². The number of furan rings is 1. The largest absolute Gasteiger partial charge is 0.463 e. The number of amides is 2. The highest BCUT2D eigenvalue weighted by atomic mass is 16.3. The van der Waals surface area contributed by atoms with Crippen molar-refractivity contribution in [2.24, 2.45) is 7.05 Å². The Balaban J connectivity index is 1.43. The fraction of sp³-hybridized carbons (Fsp3) is 0.190. The SMILES string of the molecule is Cc1cc(C)n(-c2cccc(CNC(=O)Nc3cn(C)nc3-c3ccco3)c2)n1. The molecule has 0 fully saturated rings. The number of aromatic nitrogens is 4. The van der Waals surface area contributed by atoms with E-state index >= 15 is 0 Å². The maximum Gasteiger partial charge on any atom is 0.319 e. The lowest BCUT2D eigenvalue weighted by Gasteiger charge is -2.09. The van der Waals surface area contributed by atoms with E-state index in [-0.39, 0.29) is 6.03 Å². The Labute approximate surface area is 168 Å². The highest BCUT2D eigenvalue weighted by Gasteiger charge is 2.15. The van der Waals surface area contributed by atoms with Gasteiger partial charge in [-0.05, 0) is 49.7 Å². The van der Waals surface area contributed by atoms with Gasteiger partial charge in [0.05, 0.1) is 23.3 Å². The summed E-state index contributed by atoms with van der Waals surface area (Å²) in [4.78, 5) is 12.4. The van der Waals surface area contributed by atoms with Crippen LogP contribution < -0.4 is 10.6 Å². The Morgan fingerprint density at radius 1 is 1.14 bits per heavy atom. The number of hydrogen-bond donors (Lipinski definition) is 2. The smallest absolute Gasteiger partial charge is 0.319 e. The zero-order chi connectivity index (χ0) is 20.4. The summed E-state index contributed by atoms with van der Waals surface area (Å²) < 4.78 is 8.92. The average molecular weight is 390 g/mol. The molecule has 148 valence electrons. The van der Waals surface area contributed by atoms with Gasteiger partial charge in [0.2, 0.25) is 0 Å². The molecule has 0 unspecified atom stereocenters. The second-order valence-corrected chi connectivity index (χ2v) is 6.86. The molecule has 2 N–H and O–H groups in total. The normalized spacial score (nSPS) is 10.9. The van der Waals surface area contributed by atoms with Crippen LogP contribution in [0.15, 0.2) is 59.3 Å². The van der Waals surface area contributed by atoms with E-state index < -0.39 is 0 Å². The van der Waals surface area contributed by atoms with Crippen molar-refractivity contribution < 1.29 is 9.21 Å². The van der Waals surface area contributed by atoms with Gasteiger partial charge in [0.15, 0.2) is 11.5 Å². The van der Waals surface area contributed by atoms with Gasteiger partial charge in [-0.15, -0.1) is 0 Å². The van der Waals surface area contributed by atoms with E-state index in [2.05, 4.69) is 20.8 Å². The van der Waals surface area contributed by atoms with Gasteiger partial charge in [0.1, 0.15) is 0 Å². The highest BCUT2D eigenvalue weighted by Crippen LogP contribution is 2.26. The quantitative estimate of drug-likeness (QED) is 0.542. The first kappa shape index (κ1) is 18.5. The topological polar surface area (TPSA) is 89.9 Å². The molecule has 0 aliphatic heterocycles. The minimum atomic E-state index is -0.317. The standard InChI is InChI=1S/C21H22N6O2/c1-14-10-15(2)27(24-14)17-7-4-6-16(11-17)12-22-21(28)23-18-13-26(3)25-20(18)19-8-5-9-29-19/h4-11,13H,12H2,1-3H3,(H2,22,23,28). The predicted octanol–water partition coefficient (Wildman–Crippen LogP) is 3.80. The van der Waals surface area contributed by atoms with Crippen LogP contribution in [0.4, 0.5) is 10.5 Å². The molecule has 0 saturated carbocycles. The van der Waals surface area contributed by atoms with Crippen LogP contribution in [0.2, 0.25) is 0 Å². The average Bonchev–Trinajstić information content (AvgIpc) is 3.41. The van der Waals surface area contributed by atoms with E-state index in [4.69, 9.17) is 4.42 Å². The molecule has 0 radical (unpaired) electrons. The minimum absolute atomic E-state index is 0.317. The van der Waals surface area contributed by atoms with E-state index in [0.29, 0.717) is 23.7 Å². The Morgan fingerprint density at radius 2 is 2.00 bits per heavy atom. The van der Waals surface area contributed by atoms with Gasteiger partial charge in [-0.1, -0.05) is 12.1 Å². The van der Waals surface area contributed by atoms with Crippen molar-refractivity contribution in [1.82, 2.24) is 24.9 Å². The van der Waals surface area contributed by atoms with Crippen LogP contribution in [-0.4, -0.2) is 25.6 Å². The minimum Gasteiger partial charge on any atom is -0.463 e. The molecule has 0 spiro atoms. The van der Waals surface area contributed by atoms with Crippen molar-refractivity contribution >= 4 is 11.7 Å². The molecule has 0 atom stereocenters. The lowest BCUT2D eigenvalue weighted by atomic mass is 10.2. The maximum absolute atomic E-state index is 12.4. The van der Waals surface area contributed by atoms with E-state index in [1.165, 1.54) is 0 Å². The van der Waals surface area contributed by atoms with Crippen molar-refractivity contribution in [2.45, 2.75) is 20.4 Å². The fourth-order valence-electron chi connectivity index (χ4n) is 3.21. The van der Waals surface area contributed by atoms with Crippen molar-refractivity contribution in [3.8, 4) is 17.1 Å². The zero-order valence-corrected chi connectivity index (χ0v) is 16.5. The summed E-state index contributed by atoms with van der Waals surface area (Å²) in [6.45, 7) is 4.37. The van der Waals surface area contributed by atoms with E-state index in [1.54, 1.807) is 36.3 Å². The van der Waals surface area contributed by atoms with Crippen molar-refractivity contribution in [3.63, 3.8) is 0 Å². The number of nitrogens with one attached hydrogen (secondary N) is 2. The Morgan fingerprint density at radius 3 is 2.72 bits per heavy atom. The van der Waals surface area contributed by atoms with Gasteiger partial charge in [0, 0.05) is 25.5 Å². The molecule has 0 bridgehead atoms. The highest BCUT2D eigenvalue weighted by molar-refractivity contribution is 5.92. The second kappa shape index (κ2) is 7.67. The Kier molecular flexibility index (Phi) is 4.90. The number of benzene rings is 1. The molecule has 8 nitrogen and oxygen atoms in total. The summed E-state index contributed by atoms with van der Waals surface area (Å²) in [6, 6.07) is 13.2. The van der Waals surface area contributed by atoms with Gasteiger partial charge >= 0.3 is 6.03 Å². The van der Waals surface area contributed by atoms with Crippen molar-refractivity contribution in [1.29, 1.82) is 0 Å². The summed E-state index contributed by atoms with van der Waals surface area (Å²) >= 11 is 0. The first-order valence-electron chi connectivity index (χ1n) is 9.24. The number of carbonyl (C=O) groups is 1. The molecular formula is C21H22N6O2. The van der Waals surface area contributed by atoms with Crippen LogP contribution in [0.25, 0.3) is 17.1 Å². The maximum atomic E-state index is 12.4. The van der Waals surface area contributed by atoms with Crippen molar-refractivity contribution in [2.75, 3.05) is 5.32 Å². The zero-order valence-electron chi connectivity index (χ0n) is 16.5. The van der Waals surface area contributed by atoms with E-state index in [0.717, 1.165) is 22.6 Å². The van der Waals surface area contributed by atoms with Crippen LogP contribution in [0.1, 0.15) is 17.0 Å². The molecule has 4 aromatic rings. The molecule has 3 heterocycles. The Hall–Kier alpha value is -3.81. The number of aryl methyl sites for hydroxylation is 3. The number of urea groups is 1. The lowest BCUT2D eigenvalue weighted by molar-refractivity contribution is 0.251. The monoisotopic (exact) mass is 390 g/mol. The molecule has 0 saturated heterocycles. The number of hydrogen-bond acceptors (Lipinski definition) is 4. The third kappa shape index (κ3) is 4.06. The van der Waals surface area contributed by atoms with Crippen LogP contribution in [0, 0.1) is 13.8 Å². The summed E-state index contributed by atoms with van der Waals surface area (Å²) in [5.74, 6) is 0.596. The second-order valence-electron chi connectivity index (χ2n) is 6.86. The molecular weight excluding hydrogens is 368 g/mol.